The van der Waals surface area contributed by atoms with Crippen LogP contribution < -0.4 is 15.4 Å². The number of aliphatic hydroxyl groups is 1. The molecule has 0 aliphatic carbocycles. The van der Waals surface area contributed by atoms with Crippen LogP contribution in [0.3, 0.4) is 0 Å². The molecule has 0 aromatic heterocycles. The van der Waals surface area contributed by atoms with Crippen LogP contribution in [-0.4, -0.2) is 24.4 Å². The molecular weight excluding hydrogens is 304 g/mol. The lowest BCUT2D eigenvalue weighted by molar-refractivity contribution is 0.200. The van der Waals surface area contributed by atoms with E-state index in [9.17, 15) is 4.79 Å². The van der Waals surface area contributed by atoms with Gasteiger partial charge in [-0.1, -0.05) is 48.0 Å². The molecule has 3 N–H and O–H groups in total. The predicted molar refractivity (Wildman–Crippen MR) is 94.0 cm³/mol. The van der Waals surface area contributed by atoms with Gasteiger partial charge in [0.2, 0.25) is 0 Å². The van der Waals surface area contributed by atoms with E-state index in [0.717, 1.165) is 11.1 Å². The molecule has 0 fully saturated rings. The van der Waals surface area contributed by atoms with Crippen molar-refractivity contribution in [1.82, 2.24) is 10.6 Å². The summed E-state index contributed by atoms with van der Waals surface area (Å²) in [5.74, 6) is 0.665. The van der Waals surface area contributed by atoms with Gasteiger partial charge in [-0.2, -0.15) is 0 Å². The minimum Gasteiger partial charge on any atom is -0.491 e. The summed E-state index contributed by atoms with van der Waals surface area (Å²) in [5.41, 5.74) is 3.11. The van der Waals surface area contributed by atoms with Gasteiger partial charge in [0.25, 0.3) is 0 Å². The summed E-state index contributed by atoms with van der Waals surface area (Å²) in [4.78, 5) is 12.1. The first kappa shape index (κ1) is 17.8. The number of urea groups is 1. The molecule has 128 valence electrons. The van der Waals surface area contributed by atoms with E-state index in [0.29, 0.717) is 12.3 Å². The van der Waals surface area contributed by atoms with Crippen LogP contribution in [0.2, 0.25) is 0 Å². The minimum atomic E-state index is -0.236. The van der Waals surface area contributed by atoms with Crippen LogP contribution >= 0.6 is 0 Å². The zero-order valence-corrected chi connectivity index (χ0v) is 14.1. The normalized spacial score (nSPS) is 11.6. The smallest absolute Gasteiger partial charge is 0.315 e. The van der Waals surface area contributed by atoms with Crippen LogP contribution in [0.1, 0.15) is 29.7 Å². The highest BCUT2D eigenvalue weighted by Crippen LogP contribution is 2.17. The average molecular weight is 328 g/mol. The van der Waals surface area contributed by atoms with Crippen molar-refractivity contribution in [2.24, 2.45) is 0 Å². The molecule has 0 saturated carbocycles. The third kappa shape index (κ3) is 5.28. The van der Waals surface area contributed by atoms with E-state index in [2.05, 4.69) is 10.6 Å². The monoisotopic (exact) mass is 328 g/mol. The lowest BCUT2D eigenvalue weighted by Crippen LogP contribution is -2.36. The molecule has 2 aromatic carbocycles. The van der Waals surface area contributed by atoms with Crippen molar-refractivity contribution >= 4 is 6.03 Å². The van der Waals surface area contributed by atoms with Gasteiger partial charge in [-0.3, -0.25) is 0 Å². The van der Waals surface area contributed by atoms with Crippen molar-refractivity contribution in [3.63, 3.8) is 0 Å². The van der Waals surface area contributed by atoms with E-state index in [4.69, 9.17) is 9.84 Å². The number of amides is 2. The van der Waals surface area contributed by atoms with Crippen LogP contribution in [0.5, 0.6) is 5.75 Å². The summed E-state index contributed by atoms with van der Waals surface area (Å²) in [5, 5.41) is 14.6. The molecule has 1 unspecified atom stereocenters. The van der Waals surface area contributed by atoms with Gasteiger partial charge < -0.3 is 20.5 Å². The molecule has 5 heteroatoms. The third-order valence-corrected chi connectivity index (χ3v) is 3.69. The number of hydrogen-bond acceptors (Lipinski definition) is 3. The Balaban J connectivity index is 1.88. The molecule has 0 aliphatic heterocycles. The Labute approximate surface area is 142 Å². The molecule has 0 heterocycles. The molecule has 2 amide bonds. The highest BCUT2D eigenvalue weighted by atomic mass is 16.5. The van der Waals surface area contributed by atoms with Gasteiger partial charge in [0.05, 0.1) is 12.6 Å². The molecule has 0 bridgehead atoms. The van der Waals surface area contributed by atoms with E-state index in [1.807, 2.05) is 62.4 Å². The number of rotatable bonds is 7. The summed E-state index contributed by atoms with van der Waals surface area (Å²) in [6.07, 6.45) is 0. The summed E-state index contributed by atoms with van der Waals surface area (Å²) in [6, 6.07) is 15.2. The maximum absolute atomic E-state index is 12.1. The van der Waals surface area contributed by atoms with Crippen LogP contribution in [0, 0.1) is 6.92 Å². The Morgan fingerprint density at radius 3 is 2.58 bits per heavy atom. The fourth-order valence-corrected chi connectivity index (χ4v) is 2.31. The molecule has 0 radical (unpaired) electrons. The van der Waals surface area contributed by atoms with E-state index < -0.39 is 0 Å². The van der Waals surface area contributed by atoms with Crippen molar-refractivity contribution in [3.05, 3.63) is 65.2 Å². The standard InChI is InChI=1S/C19H24N2O3/c1-14-7-9-16(10-8-14)15(2)21-19(23)20-13-17-5-3-4-6-18(17)24-12-11-22/h3-10,15,22H,11-13H2,1-2H3,(H2,20,21,23). The van der Waals surface area contributed by atoms with Gasteiger partial charge in [-0.05, 0) is 25.5 Å². The lowest BCUT2D eigenvalue weighted by atomic mass is 10.1. The molecule has 2 aromatic rings. The number of aryl methyl sites for hydroxylation is 1. The fraction of sp³-hybridized carbons (Fsp3) is 0.316. The van der Waals surface area contributed by atoms with Crippen molar-refractivity contribution in [1.29, 1.82) is 0 Å². The highest BCUT2D eigenvalue weighted by Gasteiger charge is 2.10. The molecule has 0 saturated heterocycles. The van der Waals surface area contributed by atoms with Crippen molar-refractivity contribution in [3.8, 4) is 5.75 Å². The first-order valence-electron chi connectivity index (χ1n) is 8.02. The second-order valence-electron chi connectivity index (χ2n) is 5.64. The maximum Gasteiger partial charge on any atom is 0.315 e. The second kappa shape index (κ2) is 8.93. The Hall–Kier alpha value is -2.53. The van der Waals surface area contributed by atoms with Crippen LogP contribution in [0.25, 0.3) is 0 Å². The SMILES string of the molecule is Cc1ccc(C(C)NC(=O)NCc2ccccc2OCCO)cc1. The summed E-state index contributed by atoms with van der Waals surface area (Å²) in [7, 11) is 0. The predicted octanol–water partition coefficient (Wildman–Crippen LogP) is 2.93. The molecule has 5 nitrogen and oxygen atoms in total. The zero-order valence-electron chi connectivity index (χ0n) is 14.1. The number of ether oxygens (including phenoxy) is 1. The van der Waals surface area contributed by atoms with Crippen LogP contribution in [0.4, 0.5) is 4.79 Å². The van der Waals surface area contributed by atoms with Gasteiger partial charge in [-0.25, -0.2) is 4.79 Å². The van der Waals surface area contributed by atoms with Crippen molar-refractivity contribution in [2.45, 2.75) is 26.4 Å². The fourth-order valence-electron chi connectivity index (χ4n) is 2.31. The Kier molecular flexibility index (Phi) is 6.63. The molecule has 24 heavy (non-hydrogen) atoms. The lowest BCUT2D eigenvalue weighted by Gasteiger charge is -2.16. The highest BCUT2D eigenvalue weighted by molar-refractivity contribution is 5.74. The van der Waals surface area contributed by atoms with Crippen LogP contribution in [0.15, 0.2) is 48.5 Å². The van der Waals surface area contributed by atoms with E-state index >= 15 is 0 Å². The molecule has 2 rings (SSSR count). The number of benzene rings is 2. The van der Waals surface area contributed by atoms with Gasteiger partial charge in [0.1, 0.15) is 12.4 Å². The molecule has 0 spiro atoms. The Bertz CT molecular complexity index is 656. The average Bonchev–Trinajstić information content (AvgIpc) is 2.59. The summed E-state index contributed by atoms with van der Waals surface area (Å²) >= 11 is 0. The van der Waals surface area contributed by atoms with Crippen molar-refractivity contribution < 1.29 is 14.6 Å². The number of carbonyl (C=O) groups excluding carboxylic acids is 1. The first-order valence-corrected chi connectivity index (χ1v) is 8.02. The Morgan fingerprint density at radius 1 is 1.17 bits per heavy atom. The topological polar surface area (TPSA) is 70.6 Å². The van der Waals surface area contributed by atoms with Gasteiger partial charge in [0.15, 0.2) is 0 Å². The first-order chi connectivity index (χ1) is 11.6. The second-order valence-corrected chi connectivity index (χ2v) is 5.64. The van der Waals surface area contributed by atoms with Gasteiger partial charge in [-0.15, -0.1) is 0 Å². The Morgan fingerprint density at radius 2 is 1.88 bits per heavy atom. The number of carbonyl (C=O) groups is 1. The largest absolute Gasteiger partial charge is 0.491 e. The maximum atomic E-state index is 12.1. The number of aliphatic hydroxyl groups excluding tert-OH is 1. The summed E-state index contributed by atoms with van der Waals surface area (Å²) < 4.78 is 5.46. The van der Waals surface area contributed by atoms with E-state index in [1.165, 1.54) is 5.56 Å². The van der Waals surface area contributed by atoms with E-state index in [1.54, 1.807) is 0 Å². The number of nitrogens with one attached hydrogen (secondary N) is 2. The van der Waals surface area contributed by atoms with E-state index in [-0.39, 0.29) is 25.3 Å². The number of hydrogen-bond donors (Lipinski definition) is 3. The van der Waals surface area contributed by atoms with Crippen molar-refractivity contribution in [2.75, 3.05) is 13.2 Å². The van der Waals surface area contributed by atoms with Gasteiger partial charge >= 0.3 is 6.03 Å². The molecule has 0 aliphatic rings. The quantitative estimate of drug-likeness (QED) is 0.732. The third-order valence-electron chi connectivity index (χ3n) is 3.69. The summed E-state index contributed by atoms with van der Waals surface area (Å²) in [6.45, 7) is 4.52. The van der Waals surface area contributed by atoms with Gasteiger partial charge in [0, 0.05) is 12.1 Å². The zero-order chi connectivity index (χ0) is 17.4. The molecular formula is C19H24N2O3. The molecule has 1 atom stereocenters. The van der Waals surface area contributed by atoms with Crippen LogP contribution in [-0.2, 0) is 6.54 Å². The minimum absolute atomic E-state index is 0.0453. The number of para-hydroxylation sites is 1.